The van der Waals surface area contributed by atoms with Gasteiger partial charge in [-0.25, -0.2) is 4.98 Å². The highest BCUT2D eigenvalue weighted by molar-refractivity contribution is 5.76. The summed E-state index contributed by atoms with van der Waals surface area (Å²) in [6.07, 6.45) is 18.0. The molecule has 0 aromatic carbocycles. The van der Waals surface area contributed by atoms with Crippen molar-refractivity contribution >= 4 is 5.97 Å². The molecule has 0 amide bonds. The summed E-state index contributed by atoms with van der Waals surface area (Å²) >= 11 is 0. The summed E-state index contributed by atoms with van der Waals surface area (Å²) in [6.45, 7) is 14.4. The van der Waals surface area contributed by atoms with Gasteiger partial charge in [-0.15, -0.1) is 0 Å². The van der Waals surface area contributed by atoms with E-state index in [1.165, 1.54) is 31.3 Å². The smallest absolute Gasteiger partial charge is 0.314 e. The van der Waals surface area contributed by atoms with E-state index in [9.17, 15) is 20.1 Å². The van der Waals surface area contributed by atoms with Crippen LogP contribution in [0.5, 0.6) is 0 Å². The molecule has 7 atom stereocenters. The highest BCUT2D eigenvalue weighted by Crippen LogP contribution is 2.60. The lowest BCUT2D eigenvalue weighted by Crippen LogP contribution is -2.39. The van der Waals surface area contributed by atoms with Crippen molar-refractivity contribution < 1.29 is 29.3 Å². The number of hydrogen-bond donors (Lipinski definition) is 3. The molecule has 7 nitrogen and oxygen atoms in total. The number of oxazole rings is 1. The molecule has 0 spiro atoms. The fourth-order valence-corrected chi connectivity index (χ4v) is 8.91. The second kappa shape index (κ2) is 14.1. The van der Waals surface area contributed by atoms with Crippen LogP contribution in [-0.2, 0) is 21.4 Å². The average molecular weight is 638 g/mol. The van der Waals surface area contributed by atoms with Gasteiger partial charge in [-0.1, -0.05) is 51.5 Å². The number of allylic oxidation sites excluding steroid dienone is 3. The van der Waals surface area contributed by atoms with Gasteiger partial charge in [0.2, 0.25) is 5.89 Å². The van der Waals surface area contributed by atoms with Crippen molar-refractivity contribution in [2.45, 2.75) is 148 Å². The summed E-state index contributed by atoms with van der Waals surface area (Å²) in [7, 11) is 0. The molecule has 4 aliphatic carbocycles. The van der Waals surface area contributed by atoms with E-state index >= 15 is 0 Å². The van der Waals surface area contributed by atoms with E-state index in [2.05, 4.69) is 39.5 Å². The number of carbonyl (C=O) groups is 1. The topological polar surface area (TPSA) is 113 Å². The van der Waals surface area contributed by atoms with Crippen LogP contribution in [0.1, 0.15) is 130 Å². The Hall–Kier alpha value is -2.22. The summed E-state index contributed by atoms with van der Waals surface area (Å²) in [4.78, 5) is 18.0. The molecule has 0 radical (unpaired) electrons. The normalized spacial score (nSPS) is 32.4. The zero-order valence-electron chi connectivity index (χ0n) is 29.0. The zero-order chi connectivity index (χ0) is 33.3. The van der Waals surface area contributed by atoms with Crippen molar-refractivity contribution in [3.05, 3.63) is 53.3 Å². The van der Waals surface area contributed by atoms with Gasteiger partial charge in [-0.05, 0) is 119 Å². The first-order chi connectivity index (χ1) is 21.8. The molecule has 4 fully saturated rings. The minimum atomic E-state index is -0.963. The van der Waals surface area contributed by atoms with Crippen molar-refractivity contribution in [2.24, 2.45) is 28.6 Å². The van der Waals surface area contributed by atoms with E-state index in [4.69, 9.17) is 14.1 Å². The van der Waals surface area contributed by atoms with Gasteiger partial charge < -0.3 is 24.5 Å². The van der Waals surface area contributed by atoms with Crippen molar-refractivity contribution in [1.82, 2.24) is 4.98 Å². The summed E-state index contributed by atoms with van der Waals surface area (Å²) in [5.74, 6) is 2.81. The molecule has 0 unspecified atom stereocenters. The van der Waals surface area contributed by atoms with Crippen LogP contribution in [0, 0.1) is 28.6 Å². The Kier molecular flexibility index (Phi) is 10.8. The van der Waals surface area contributed by atoms with E-state index in [-0.39, 0.29) is 29.5 Å². The molecule has 3 N–H and O–H groups in total. The molecule has 0 aliphatic heterocycles. The second-order valence-electron chi connectivity index (χ2n) is 16.0. The standard InChI is InChI=1S/C39H59NO6/c1-7-8-11-30-23-40-35(45-30)39(19-20-39)34(46-36(44)37(4,5)24-41)17-12-25(2)31-15-16-32-27(10-9-18-38(31,32)6)13-14-28-21-29(42)22-33(43)26(28)3/h13-14,23,25,29,31-34,41-43H,3,7-12,15-22,24H2,1-2,4-6H3/b27-13+,28-14-/t25-,29-,31-,32+,33+,34+,38-/m1/s1. The van der Waals surface area contributed by atoms with Crippen LogP contribution in [0.3, 0.4) is 0 Å². The number of aliphatic hydroxyl groups excluding tert-OH is 3. The van der Waals surface area contributed by atoms with Crippen LogP contribution in [0.4, 0.5) is 0 Å². The Morgan fingerprint density at radius 2 is 1.98 bits per heavy atom. The van der Waals surface area contributed by atoms with Gasteiger partial charge in [0.1, 0.15) is 11.9 Å². The highest BCUT2D eigenvalue weighted by atomic mass is 16.5. The minimum absolute atomic E-state index is 0.212. The number of ether oxygens (including phenoxy) is 1. The van der Waals surface area contributed by atoms with E-state index < -0.39 is 17.6 Å². The highest BCUT2D eigenvalue weighted by Gasteiger charge is 2.57. The molecule has 5 rings (SSSR count). The van der Waals surface area contributed by atoms with E-state index in [1.54, 1.807) is 13.8 Å². The third kappa shape index (κ3) is 7.12. The molecule has 7 heteroatoms. The number of hydrogen-bond acceptors (Lipinski definition) is 7. The Balaban J connectivity index is 1.30. The van der Waals surface area contributed by atoms with Gasteiger partial charge in [-0.2, -0.15) is 0 Å². The number of nitrogens with zero attached hydrogens (tertiary/aromatic N) is 1. The fraction of sp³-hybridized carbons (Fsp3) is 0.744. The maximum absolute atomic E-state index is 13.3. The van der Waals surface area contributed by atoms with Gasteiger partial charge >= 0.3 is 5.97 Å². The van der Waals surface area contributed by atoms with Crippen LogP contribution in [0.25, 0.3) is 0 Å². The molecule has 0 bridgehead atoms. The largest absolute Gasteiger partial charge is 0.461 e. The van der Waals surface area contributed by atoms with Crippen molar-refractivity contribution in [1.29, 1.82) is 0 Å². The van der Waals surface area contributed by atoms with Crippen LogP contribution in [0.15, 0.2) is 46.1 Å². The Bertz CT molecular complexity index is 1300. The summed E-state index contributed by atoms with van der Waals surface area (Å²) < 4.78 is 12.6. The zero-order valence-corrected chi connectivity index (χ0v) is 29.0. The van der Waals surface area contributed by atoms with Crippen LogP contribution < -0.4 is 0 Å². The Morgan fingerprint density at radius 1 is 1.22 bits per heavy atom. The number of rotatable bonds is 13. The number of unbranched alkanes of at least 4 members (excludes halogenated alkanes) is 1. The van der Waals surface area contributed by atoms with E-state index in [0.29, 0.717) is 36.5 Å². The SMILES string of the molecule is C=C1/C(=C\C=C2/CCC[C@]3(C)[C@@H]([C@H](C)CC[C@H](OC(=O)C(C)(C)CO)C4(c5ncc(CCCC)o5)CC4)CC[C@@H]23)C[C@@H](O)C[C@@H]1O. The predicted octanol–water partition coefficient (Wildman–Crippen LogP) is 7.54. The summed E-state index contributed by atoms with van der Waals surface area (Å²) in [5.41, 5.74) is 2.07. The van der Waals surface area contributed by atoms with Gasteiger partial charge in [0, 0.05) is 12.8 Å². The molecule has 256 valence electrons. The minimum Gasteiger partial charge on any atom is -0.461 e. The number of aromatic nitrogens is 1. The quantitative estimate of drug-likeness (QED) is 0.192. The Labute approximate surface area is 276 Å². The number of aliphatic hydroxyl groups is 3. The van der Waals surface area contributed by atoms with Crippen molar-refractivity contribution in [3.63, 3.8) is 0 Å². The first-order valence-corrected chi connectivity index (χ1v) is 18.1. The first kappa shape index (κ1) is 35.1. The number of aryl methyl sites for hydroxylation is 1. The molecular weight excluding hydrogens is 578 g/mol. The van der Waals surface area contributed by atoms with Crippen molar-refractivity contribution in [2.75, 3.05) is 6.61 Å². The van der Waals surface area contributed by atoms with Crippen LogP contribution in [0.2, 0.25) is 0 Å². The van der Waals surface area contributed by atoms with Gasteiger partial charge in [-0.3, -0.25) is 4.79 Å². The lowest BCUT2D eigenvalue weighted by atomic mass is 9.60. The molecule has 1 aromatic rings. The summed E-state index contributed by atoms with van der Waals surface area (Å²) in [5, 5.41) is 30.4. The van der Waals surface area contributed by atoms with E-state index in [1.807, 2.05) is 6.20 Å². The number of fused-ring (bicyclic) bond motifs is 1. The molecule has 46 heavy (non-hydrogen) atoms. The number of carbonyl (C=O) groups excluding carboxylic acids is 1. The second-order valence-corrected chi connectivity index (χ2v) is 16.0. The van der Waals surface area contributed by atoms with Gasteiger partial charge in [0.15, 0.2) is 0 Å². The summed E-state index contributed by atoms with van der Waals surface area (Å²) in [6, 6.07) is 0. The van der Waals surface area contributed by atoms with Crippen molar-refractivity contribution in [3.8, 4) is 0 Å². The maximum Gasteiger partial charge on any atom is 0.314 e. The molecular formula is C39H59NO6. The van der Waals surface area contributed by atoms with Crippen LogP contribution in [-0.4, -0.2) is 51.2 Å². The maximum atomic E-state index is 13.3. The number of esters is 1. The predicted molar refractivity (Wildman–Crippen MR) is 180 cm³/mol. The fourth-order valence-electron chi connectivity index (χ4n) is 8.91. The molecule has 4 saturated carbocycles. The average Bonchev–Trinajstić information content (AvgIpc) is 3.54. The third-order valence-corrected chi connectivity index (χ3v) is 12.2. The molecule has 4 aliphatic rings. The lowest BCUT2D eigenvalue weighted by Gasteiger charge is -2.44. The third-order valence-electron chi connectivity index (χ3n) is 12.2. The molecule has 1 heterocycles. The van der Waals surface area contributed by atoms with Crippen LogP contribution >= 0.6 is 0 Å². The Morgan fingerprint density at radius 3 is 2.67 bits per heavy atom. The molecule has 1 aromatic heterocycles. The van der Waals surface area contributed by atoms with Gasteiger partial charge in [0.05, 0.1) is 35.8 Å². The van der Waals surface area contributed by atoms with E-state index in [0.717, 1.165) is 68.3 Å². The monoisotopic (exact) mass is 637 g/mol. The lowest BCUT2D eigenvalue weighted by molar-refractivity contribution is -0.164. The first-order valence-electron chi connectivity index (χ1n) is 18.1. The van der Waals surface area contributed by atoms with Gasteiger partial charge in [0.25, 0.3) is 0 Å². The molecule has 0 saturated heterocycles.